The van der Waals surface area contributed by atoms with E-state index in [9.17, 15) is 9.59 Å². The second-order valence-electron chi connectivity index (χ2n) is 10.7. The highest BCUT2D eigenvalue weighted by molar-refractivity contribution is 8.15. The van der Waals surface area contributed by atoms with Crippen LogP contribution in [-0.4, -0.2) is 17.8 Å². The number of amides is 2. The molecule has 1 N–H and O–H groups in total. The molecule has 6 heteroatoms. The van der Waals surface area contributed by atoms with E-state index in [0.717, 1.165) is 73.1 Å². The predicted octanol–water partition coefficient (Wildman–Crippen LogP) is 9.09. The molecule has 0 aromatic heterocycles. The summed E-state index contributed by atoms with van der Waals surface area (Å²) in [5, 5.41) is 2.06. The highest BCUT2D eigenvalue weighted by Gasteiger charge is 2.45. The zero-order valence-corrected chi connectivity index (χ0v) is 25.0. The van der Waals surface area contributed by atoms with Gasteiger partial charge in [0.1, 0.15) is 22.0 Å². The van der Waals surface area contributed by atoms with E-state index in [-0.39, 0.29) is 11.1 Å². The maximum atomic E-state index is 12.3. The van der Waals surface area contributed by atoms with Gasteiger partial charge >= 0.3 is 0 Å². The summed E-state index contributed by atoms with van der Waals surface area (Å²) in [4.78, 5) is 24.0. The fraction of sp³-hybridized carbons (Fsp3) is 0.278. The summed E-state index contributed by atoms with van der Waals surface area (Å²) in [6.07, 6.45) is 6.22. The minimum atomic E-state index is -0.916. The van der Waals surface area contributed by atoms with Crippen molar-refractivity contribution < 1.29 is 19.1 Å². The molecule has 42 heavy (non-hydrogen) atoms. The Hall–Kier alpha value is -4.03. The van der Waals surface area contributed by atoms with Gasteiger partial charge in [-0.25, -0.2) is 0 Å². The van der Waals surface area contributed by atoms with Gasteiger partial charge in [0.15, 0.2) is 0 Å². The van der Waals surface area contributed by atoms with E-state index in [4.69, 9.17) is 9.47 Å². The topological polar surface area (TPSA) is 64.6 Å². The van der Waals surface area contributed by atoms with Crippen molar-refractivity contribution in [2.24, 2.45) is 0 Å². The van der Waals surface area contributed by atoms with E-state index >= 15 is 0 Å². The van der Waals surface area contributed by atoms with Crippen molar-refractivity contribution in [3.63, 3.8) is 0 Å². The number of carbonyl (C=O) groups excluding carboxylic acids is 2. The molecule has 2 amide bonds. The number of aryl methyl sites for hydroxylation is 2. The molecule has 0 saturated carbocycles. The SMILES string of the molecule is CCCc1cc(Oc2ccc(-c3ccccc3)cc2)ccc1CCCCCOc1cccc(C2(C)SC(=O)NC2=O)c1. The standard InChI is InChI=1S/C36H37NO4S/c1-3-11-29-24-33(41-31-20-17-28(18-21-31)26-12-6-4-7-13-26)22-19-27(29)14-8-5-9-23-40-32-16-10-15-30(25-32)36(2)34(38)37-35(39)42-36/h4,6-7,10,12-13,15-22,24-25H,3,5,8-9,11,14,23H2,1-2H3,(H,37,38,39). The molecule has 1 fully saturated rings. The molecule has 0 bridgehead atoms. The molecule has 4 aromatic carbocycles. The Morgan fingerprint density at radius 3 is 2.21 bits per heavy atom. The largest absolute Gasteiger partial charge is 0.494 e. The van der Waals surface area contributed by atoms with E-state index < -0.39 is 4.75 Å². The second kappa shape index (κ2) is 13.8. The van der Waals surface area contributed by atoms with Gasteiger partial charge in [0, 0.05) is 0 Å². The first-order valence-electron chi connectivity index (χ1n) is 14.7. The maximum Gasteiger partial charge on any atom is 0.287 e. The van der Waals surface area contributed by atoms with Gasteiger partial charge in [-0.05, 0) is 115 Å². The molecular formula is C36H37NO4S. The number of hydrogen-bond donors (Lipinski definition) is 1. The Labute approximate surface area is 252 Å². The van der Waals surface area contributed by atoms with Crippen LogP contribution in [0.15, 0.2) is 97.1 Å². The first kappa shape index (κ1) is 29.5. The number of hydrogen-bond acceptors (Lipinski definition) is 5. The van der Waals surface area contributed by atoms with Crippen molar-refractivity contribution in [1.29, 1.82) is 0 Å². The Morgan fingerprint density at radius 1 is 0.714 bits per heavy atom. The molecular weight excluding hydrogens is 542 g/mol. The lowest BCUT2D eigenvalue weighted by molar-refractivity contribution is -0.121. The summed E-state index contributed by atoms with van der Waals surface area (Å²) in [7, 11) is 0. The molecule has 4 aromatic rings. The summed E-state index contributed by atoms with van der Waals surface area (Å²) in [5.41, 5.74) is 5.88. The Morgan fingerprint density at radius 2 is 1.48 bits per heavy atom. The zero-order chi connectivity index (χ0) is 29.4. The number of benzene rings is 4. The minimum Gasteiger partial charge on any atom is -0.494 e. The van der Waals surface area contributed by atoms with Crippen LogP contribution in [-0.2, 0) is 22.4 Å². The summed E-state index contributed by atoms with van der Waals surface area (Å²) in [6.45, 7) is 4.59. The molecule has 5 rings (SSSR count). The molecule has 1 unspecified atom stereocenters. The van der Waals surface area contributed by atoms with Crippen LogP contribution in [0.5, 0.6) is 17.2 Å². The van der Waals surface area contributed by atoms with Crippen LogP contribution in [0.3, 0.4) is 0 Å². The molecule has 5 nitrogen and oxygen atoms in total. The summed E-state index contributed by atoms with van der Waals surface area (Å²) < 4.78 is 11.3. The lowest BCUT2D eigenvalue weighted by atomic mass is 9.98. The third-order valence-electron chi connectivity index (χ3n) is 7.58. The van der Waals surface area contributed by atoms with E-state index in [1.165, 1.54) is 22.3 Å². The average Bonchev–Trinajstić information content (AvgIpc) is 3.28. The van der Waals surface area contributed by atoms with Crippen LogP contribution >= 0.6 is 11.8 Å². The third kappa shape index (κ3) is 7.24. The van der Waals surface area contributed by atoms with Crippen molar-refractivity contribution in [1.82, 2.24) is 5.32 Å². The zero-order valence-electron chi connectivity index (χ0n) is 24.2. The van der Waals surface area contributed by atoms with Gasteiger partial charge in [-0.3, -0.25) is 14.9 Å². The van der Waals surface area contributed by atoms with Crippen molar-refractivity contribution in [3.8, 4) is 28.4 Å². The fourth-order valence-corrected chi connectivity index (χ4v) is 6.12. The van der Waals surface area contributed by atoms with Gasteiger partial charge in [-0.15, -0.1) is 0 Å². The smallest absolute Gasteiger partial charge is 0.287 e. The van der Waals surface area contributed by atoms with Gasteiger partial charge in [-0.2, -0.15) is 0 Å². The van der Waals surface area contributed by atoms with Gasteiger partial charge in [-0.1, -0.05) is 74.0 Å². The molecule has 1 atom stereocenters. The molecule has 0 aliphatic carbocycles. The second-order valence-corrected chi connectivity index (χ2v) is 12.1. The highest BCUT2D eigenvalue weighted by atomic mass is 32.2. The first-order chi connectivity index (χ1) is 20.4. The van der Waals surface area contributed by atoms with E-state index in [2.05, 4.69) is 66.8 Å². The number of imide groups is 1. The van der Waals surface area contributed by atoms with Crippen LogP contribution in [0.2, 0.25) is 0 Å². The van der Waals surface area contributed by atoms with Gasteiger partial charge in [0.25, 0.3) is 5.24 Å². The lowest BCUT2D eigenvalue weighted by Crippen LogP contribution is -2.31. The number of carbonyl (C=O) groups is 2. The van der Waals surface area contributed by atoms with Gasteiger partial charge in [0.05, 0.1) is 6.61 Å². The van der Waals surface area contributed by atoms with Crippen LogP contribution in [0.1, 0.15) is 56.2 Å². The first-order valence-corrected chi connectivity index (χ1v) is 15.5. The van der Waals surface area contributed by atoms with E-state index in [1.807, 2.05) is 42.5 Å². The Kier molecular flexibility index (Phi) is 9.65. The number of rotatable bonds is 13. The Bertz CT molecular complexity index is 1520. The predicted molar refractivity (Wildman–Crippen MR) is 170 cm³/mol. The van der Waals surface area contributed by atoms with Crippen molar-refractivity contribution in [3.05, 3.63) is 114 Å². The highest BCUT2D eigenvalue weighted by Crippen LogP contribution is 2.41. The minimum absolute atomic E-state index is 0.283. The van der Waals surface area contributed by atoms with Crippen LogP contribution in [0.4, 0.5) is 4.79 Å². The summed E-state index contributed by atoms with van der Waals surface area (Å²) >= 11 is 1.01. The monoisotopic (exact) mass is 579 g/mol. The third-order valence-corrected chi connectivity index (χ3v) is 8.70. The quantitative estimate of drug-likeness (QED) is 0.160. The molecule has 0 radical (unpaired) electrons. The molecule has 1 saturated heterocycles. The number of thioether (sulfide) groups is 1. The number of nitrogens with one attached hydrogen (secondary N) is 1. The average molecular weight is 580 g/mol. The number of ether oxygens (including phenoxy) is 2. The summed E-state index contributed by atoms with van der Waals surface area (Å²) in [6, 6.07) is 32.6. The molecule has 0 spiro atoms. The van der Waals surface area contributed by atoms with Crippen molar-refractivity contribution >= 4 is 22.9 Å². The van der Waals surface area contributed by atoms with Crippen LogP contribution in [0, 0.1) is 0 Å². The van der Waals surface area contributed by atoms with Crippen LogP contribution in [0.25, 0.3) is 11.1 Å². The summed E-state index contributed by atoms with van der Waals surface area (Å²) in [5.74, 6) is 2.14. The molecule has 1 aliphatic rings. The maximum absolute atomic E-state index is 12.3. The van der Waals surface area contributed by atoms with E-state index in [0.29, 0.717) is 6.61 Å². The van der Waals surface area contributed by atoms with Gasteiger partial charge in [0.2, 0.25) is 5.91 Å². The van der Waals surface area contributed by atoms with E-state index in [1.54, 1.807) is 6.92 Å². The number of unbranched alkanes of at least 4 members (excludes halogenated alkanes) is 2. The van der Waals surface area contributed by atoms with Crippen LogP contribution < -0.4 is 14.8 Å². The molecule has 1 heterocycles. The fourth-order valence-electron chi connectivity index (χ4n) is 5.22. The normalized spacial score (nSPS) is 16.3. The molecule has 1 aliphatic heterocycles. The van der Waals surface area contributed by atoms with Crippen molar-refractivity contribution in [2.45, 2.75) is 57.1 Å². The Balaban J connectivity index is 1.10. The molecule has 216 valence electrons. The lowest BCUT2D eigenvalue weighted by Gasteiger charge is -2.19. The van der Waals surface area contributed by atoms with Crippen molar-refractivity contribution in [2.75, 3.05) is 6.61 Å². The van der Waals surface area contributed by atoms with Gasteiger partial charge < -0.3 is 9.47 Å².